The van der Waals surface area contributed by atoms with Crippen molar-refractivity contribution in [3.63, 3.8) is 0 Å². The van der Waals surface area contributed by atoms with Crippen molar-refractivity contribution in [2.75, 3.05) is 51.7 Å². The lowest BCUT2D eigenvalue weighted by Crippen LogP contribution is -2.44. The molecule has 1 aromatic carbocycles. The highest BCUT2D eigenvalue weighted by Gasteiger charge is 2.20. The number of hydrogen-bond donors (Lipinski definition) is 2. The van der Waals surface area contributed by atoms with Gasteiger partial charge >= 0.3 is 0 Å². The molecule has 0 unspecified atom stereocenters. The van der Waals surface area contributed by atoms with Crippen molar-refractivity contribution >= 4 is 35.8 Å². The molecule has 0 bridgehead atoms. The number of nitrogens with zero attached hydrogens (tertiary/aromatic N) is 4. The van der Waals surface area contributed by atoms with Crippen molar-refractivity contribution in [3.8, 4) is 0 Å². The number of guanidine groups is 1. The van der Waals surface area contributed by atoms with Gasteiger partial charge in [-0.05, 0) is 24.2 Å². The lowest BCUT2D eigenvalue weighted by molar-refractivity contribution is 0.312. The van der Waals surface area contributed by atoms with Gasteiger partial charge in [0.2, 0.25) is 0 Å². The highest BCUT2D eigenvalue weighted by Crippen LogP contribution is 2.21. The summed E-state index contributed by atoms with van der Waals surface area (Å²) in [7, 11) is 3.97. The molecule has 2 heterocycles. The van der Waals surface area contributed by atoms with Crippen LogP contribution in [-0.2, 0) is 12.0 Å². The van der Waals surface area contributed by atoms with Gasteiger partial charge in [-0.15, -0.1) is 24.0 Å². The molecular weight excluding hydrogens is 487 g/mol. The number of pyridine rings is 1. The summed E-state index contributed by atoms with van der Waals surface area (Å²) in [5, 5.41) is 6.84. The number of likely N-dealkylation sites (N-methyl/N-ethyl adjacent to an activating group) is 1. The summed E-state index contributed by atoms with van der Waals surface area (Å²) in [5.74, 6) is 1.87. The van der Waals surface area contributed by atoms with Gasteiger partial charge in [0.05, 0.1) is 0 Å². The maximum absolute atomic E-state index is 4.66. The van der Waals surface area contributed by atoms with Crippen LogP contribution >= 0.6 is 24.0 Å². The molecule has 0 aliphatic carbocycles. The second-order valence-corrected chi connectivity index (χ2v) is 8.34. The molecule has 2 N–H and O–H groups in total. The Kier molecular flexibility index (Phi) is 9.36. The van der Waals surface area contributed by atoms with E-state index >= 15 is 0 Å². The van der Waals surface area contributed by atoms with E-state index in [1.807, 2.05) is 6.20 Å². The van der Waals surface area contributed by atoms with Gasteiger partial charge in [-0.25, -0.2) is 4.98 Å². The zero-order chi connectivity index (χ0) is 20.7. The molecule has 7 heteroatoms. The van der Waals surface area contributed by atoms with Crippen LogP contribution in [0.5, 0.6) is 0 Å². The fraction of sp³-hybridized carbons (Fsp3) is 0.478. The van der Waals surface area contributed by atoms with E-state index in [9.17, 15) is 0 Å². The van der Waals surface area contributed by atoms with Crippen LogP contribution in [0.4, 0.5) is 5.82 Å². The summed E-state index contributed by atoms with van der Waals surface area (Å²) >= 11 is 0. The van der Waals surface area contributed by atoms with E-state index in [0.717, 1.165) is 50.1 Å². The van der Waals surface area contributed by atoms with Crippen molar-refractivity contribution in [2.45, 2.75) is 25.8 Å². The van der Waals surface area contributed by atoms with E-state index in [4.69, 9.17) is 0 Å². The number of aliphatic imine (C=N–C) groups is 1. The Labute approximate surface area is 198 Å². The number of hydrogen-bond acceptors (Lipinski definition) is 4. The number of rotatable bonds is 6. The maximum Gasteiger partial charge on any atom is 0.191 e. The number of nitrogens with one attached hydrogen (secondary N) is 2. The molecule has 0 saturated carbocycles. The lowest BCUT2D eigenvalue weighted by Gasteiger charge is -2.33. The summed E-state index contributed by atoms with van der Waals surface area (Å²) in [6, 6.07) is 14.8. The average molecular weight is 522 g/mol. The van der Waals surface area contributed by atoms with Crippen LogP contribution in [0, 0.1) is 0 Å². The molecule has 0 atom stereocenters. The second-order valence-electron chi connectivity index (χ2n) is 8.34. The topological polar surface area (TPSA) is 55.8 Å². The van der Waals surface area contributed by atoms with E-state index in [2.05, 4.69) is 93.8 Å². The summed E-state index contributed by atoms with van der Waals surface area (Å²) in [5.41, 5.74) is 2.48. The summed E-state index contributed by atoms with van der Waals surface area (Å²) in [4.78, 5) is 13.7. The smallest absolute Gasteiger partial charge is 0.191 e. The van der Waals surface area contributed by atoms with Crippen molar-refractivity contribution in [1.82, 2.24) is 20.5 Å². The van der Waals surface area contributed by atoms with E-state index in [0.29, 0.717) is 6.54 Å². The molecule has 6 nitrogen and oxygen atoms in total. The van der Waals surface area contributed by atoms with Gasteiger partial charge in [0, 0.05) is 57.9 Å². The number of anilines is 1. The Morgan fingerprint density at radius 1 is 1.03 bits per heavy atom. The predicted octanol–water partition coefficient (Wildman–Crippen LogP) is 3.09. The van der Waals surface area contributed by atoms with Crippen LogP contribution in [0.25, 0.3) is 0 Å². The van der Waals surface area contributed by atoms with Crippen LogP contribution in [0.3, 0.4) is 0 Å². The van der Waals surface area contributed by atoms with Crippen LogP contribution in [-0.4, -0.2) is 62.7 Å². The molecule has 30 heavy (non-hydrogen) atoms. The fourth-order valence-electron chi connectivity index (χ4n) is 3.45. The predicted molar refractivity (Wildman–Crippen MR) is 137 cm³/mol. The number of aromatic nitrogens is 1. The minimum Gasteiger partial charge on any atom is -0.356 e. The molecule has 0 spiro atoms. The van der Waals surface area contributed by atoms with Gasteiger partial charge < -0.3 is 20.4 Å². The van der Waals surface area contributed by atoms with E-state index in [1.54, 1.807) is 7.05 Å². The Bertz CT molecular complexity index is 783. The summed E-state index contributed by atoms with van der Waals surface area (Å²) in [6.45, 7) is 10.2. The normalized spacial score (nSPS) is 15.5. The molecule has 1 aliphatic rings. The number of benzene rings is 1. The third-order valence-corrected chi connectivity index (χ3v) is 5.57. The van der Waals surface area contributed by atoms with Gasteiger partial charge in [0.1, 0.15) is 5.82 Å². The first kappa shape index (κ1) is 24.4. The SMILES string of the molecule is CN=C(NCc1ccc(N2CCN(C)CC2)nc1)NCC(C)(C)c1ccccc1.I. The Morgan fingerprint density at radius 3 is 2.33 bits per heavy atom. The molecule has 0 radical (unpaired) electrons. The zero-order valence-corrected chi connectivity index (χ0v) is 20.9. The largest absolute Gasteiger partial charge is 0.356 e. The van der Waals surface area contributed by atoms with Crippen LogP contribution in [0.1, 0.15) is 25.0 Å². The molecule has 2 aromatic rings. The maximum atomic E-state index is 4.66. The van der Waals surface area contributed by atoms with Crippen LogP contribution < -0.4 is 15.5 Å². The Balaban J connectivity index is 0.00000320. The zero-order valence-electron chi connectivity index (χ0n) is 18.6. The molecular formula is C23H35IN6. The molecule has 0 amide bonds. The van der Waals surface area contributed by atoms with E-state index in [-0.39, 0.29) is 29.4 Å². The quantitative estimate of drug-likeness (QED) is 0.347. The van der Waals surface area contributed by atoms with E-state index in [1.165, 1.54) is 5.56 Å². The molecule has 164 valence electrons. The molecule has 3 rings (SSSR count). The number of halogens is 1. The highest BCUT2D eigenvalue weighted by molar-refractivity contribution is 14.0. The van der Waals surface area contributed by atoms with Crippen LogP contribution in [0.2, 0.25) is 0 Å². The first-order valence-corrected chi connectivity index (χ1v) is 10.4. The van der Waals surface area contributed by atoms with Gasteiger partial charge in [0.25, 0.3) is 0 Å². The molecule has 1 saturated heterocycles. The Morgan fingerprint density at radius 2 is 1.73 bits per heavy atom. The van der Waals surface area contributed by atoms with Crippen molar-refractivity contribution < 1.29 is 0 Å². The van der Waals surface area contributed by atoms with Crippen molar-refractivity contribution in [1.29, 1.82) is 0 Å². The van der Waals surface area contributed by atoms with Gasteiger partial charge in [-0.3, -0.25) is 4.99 Å². The minimum atomic E-state index is 0. The van der Waals surface area contributed by atoms with Gasteiger partial charge in [-0.1, -0.05) is 50.2 Å². The third-order valence-electron chi connectivity index (χ3n) is 5.57. The first-order valence-electron chi connectivity index (χ1n) is 10.4. The first-order chi connectivity index (χ1) is 14.0. The van der Waals surface area contributed by atoms with Gasteiger partial charge in [0.15, 0.2) is 5.96 Å². The second kappa shape index (κ2) is 11.5. The van der Waals surface area contributed by atoms with Crippen molar-refractivity contribution in [3.05, 3.63) is 59.8 Å². The molecule has 1 aromatic heterocycles. The van der Waals surface area contributed by atoms with E-state index < -0.39 is 0 Å². The van der Waals surface area contributed by atoms with Crippen molar-refractivity contribution in [2.24, 2.45) is 4.99 Å². The highest BCUT2D eigenvalue weighted by atomic mass is 127. The van der Waals surface area contributed by atoms with Gasteiger partial charge in [-0.2, -0.15) is 0 Å². The Hall–Kier alpha value is -1.87. The molecule has 1 aliphatic heterocycles. The third kappa shape index (κ3) is 6.84. The summed E-state index contributed by atoms with van der Waals surface area (Å²) in [6.07, 6.45) is 1.96. The van der Waals surface area contributed by atoms with Crippen LogP contribution in [0.15, 0.2) is 53.7 Å². The monoisotopic (exact) mass is 522 g/mol. The summed E-state index contributed by atoms with van der Waals surface area (Å²) < 4.78 is 0. The number of piperazine rings is 1. The lowest BCUT2D eigenvalue weighted by atomic mass is 9.85. The standard InChI is InChI=1S/C23H34N6.HI/c1-23(2,20-8-6-5-7-9-20)18-27-22(24-3)26-17-19-10-11-21(25-16-19)29-14-12-28(4)13-15-29;/h5-11,16H,12-15,17-18H2,1-4H3,(H2,24,26,27);1H. The molecule has 1 fully saturated rings. The fourth-order valence-corrected chi connectivity index (χ4v) is 3.45. The minimum absolute atomic E-state index is 0. The average Bonchev–Trinajstić information content (AvgIpc) is 2.75.